The summed E-state index contributed by atoms with van der Waals surface area (Å²) in [5, 5.41) is 23.6. The van der Waals surface area contributed by atoms with Crippen molar-refractivity contribution < 1.29 is 27.7 Å². The second-order valence-corrected chi connectivity index (χ2v) is 7.88. The quantitative estimate of drug-likeness (QED) is 0.394. The van der Waals surface area contributed by atoms with Crippen LogP contribution < -0.4 is 10.2 Å². The van der Waals surface area contributed by atoms with Gasteiger partial charge in [-0.2, -0.15) is 18.4 Å². The summed E-state index contributed by atoms with van der Waals surface area (Å²) in [7, 11) is 0. The van der Waals surface area contributed by atoms with Crippen molar-refractivity contribution >= 4 is 17.5 Å². The summed E-state index contributed by atoms with van der Waals surface area (Å²) < 4.78 is 39.8. The predicted octanol–water partition coefficient (Wildman–Crippen LogP) is 3.95. The molecule has 0 saturated carbocycles. The van der Waals surface area contributed by atoms with Gasteiger partial charge in [-0.05, 0) is 50.5 Å². The molecule has 0 bridgehead atoms. The minimum Gasteiger partial charge on any atom is -0.356 e. The molecule has 3 atom stereocenters. The first-order valence-electron chi connectivity index (χ1n) is 10.4. The molecule has 11 heteroatoms. The van der Waals surface area contributed by atoms with Crippen molar-refractivity contribution in [2.75, 3.05) is 11.4 Å². The zero-order valence-corrected chi connectivity index (χ0v) is 18.3. The highest BCUT2D eigenvalue weighted by molar-refractivity contribution is 6.11. The lowest BCUT2D eigenvalue weighted by molar-refractivity contribution is -0.419. The Bertz CT molecular complexity index is 1160. The number of halogens is 3. The fourth-order valence-electron chi connectivity index (χ4n) is 4.33. The average Bonchev–Trinajstić information content (AvgIpc) is 2.78. The monoisotopic (exact) mass is 474 g/mol. The summed E-state index contributed by atoms with van der Waals surface area (Å²) in [4.78, 5) is 38.0. The van der Waals surface area contributed by atoms with Gasteiger partial charge in [0, 0.05) is 29.9 Å². The maximum absolute atomic E-state index is 13.6. The summed E-state index contributed by atoms with van der Waals surface area (Å²) in [6.45, 7) is 3.27. The number of carbonyl (C=O) groups excluding carboxylic acids is 2. The number of alkyl halides is 3. The summed E-state index contributed by atoms with van der Waals surface area (Å²) in [5.74, 6) is -4.37. The maximum Gasteiger partial charge on any atom is 0.416 e. The lowest BCUT2D eigenvalue weighted by atomic mass is 9.70. The first-order valence-corrected chi connectivity index (χ1v) is 10.4. The Morgan fingerprint density at radius 1 is 1.38 bits per heavy atom. The fraction of sp³-hybridized carbons (Fsp3) is 0.348. The minimum absolute atomic E-state index is 0.0564. The first kappa shape index (κ1) is 24.7. The molecule has 1 aromatic carbocycles. The van der Waals surface area contributed by atoms with E-state index in [2.05, 4.69) is 5.32 Å². The van der Waals surface area contributed by atoms with Crippen LogP contribution in [0.1, 0.15) is 25.8 Å². The molecule has 178 valence electrons. The molecule has 3 unspecified atom stereocenters. The van der Waals surface area contributed by atoms with Gasteiger partial charge in [-0.25, -0.2) is 0 Å². The van der Waals surface area contributed by atoms with Crippen LogP contribution in [0.5, 0.6) is 0 Å². The number of nitrogens with zero attached hydrogens (tertiary/aromatic N) is 3. The largest absolute Gasteiger partial charge is 0.416 e. The van der Waals surface area contributed by atoms with E-state index in [1.54, 1.807) is 6.92 Å². The zero-order chi connectivity index (χ0) is 25.2. The molecule has 0 saturated heterocycles. The van der Waals surface area contributed by atoms with Gasteiger partial charge in [-0.1, -0.05) is 12.1 Å². The van der Waals surface area contributed by atoms with Gasteiger partial charge in [0.05, 0.1) is 22.1 Å². The molecule has 0 radical (unpaired) electrons. The van der Waals surface area contributed by atoms with Crippen LogP contribution in [-0.4, -0.2) is 23.3 Å². The molecule has 2 aliphatic rings. The summed E-state index contributed by atoms with van der Waals surface area (Å²) in [6, 6.07) is 6.12. The topological polar surface area (TPSA) is 116 Å². The number of carbonyl (C=O) groups is 2. The fourth-order valence-corrected chi connectivity index (χ4v) is 4.33. The van der Waals surface area contributed by atoms with Crippen molar-refractivity contribution in [1.29, 1.82) is 5.26 Å². The molecule has 1 aliphatic heterocycles. The van der Waals surface area contributed by atoms with Crippen LogP contribution in [-0.2, 0) is 15.8 Å². The van der Waals surface area contributed by atoms with Crippen LogP contribution in [0.4, 0.5) is 18.9 Å². The first-order chi connectivity index (χ1) is 16.0. The van der Waals surface area contributed by atoms with Gasteiger partial charge in [-0.15, -0.1) is 0 Å². The normalized spacial score (nSPS) is 22.8. The van der Waals surface area contributed by atoms with Crippen LogP contribution in [0.3, 0.4) is 0 Å². The molecule has 3 rings (SSSR count). The van der Waals surface area contributed by atoms with Crippen molar-refractivity contribution in [1.82, 2.24) is 5.32 Å². The van der Waals surface area contributed by atoms with Crippen LogP contribution in [0.2, 0.25) is 0 Å². The Balaban J connectivity index is 2.15. The van der Waals surface area contributed by atoms with Crippen molar-refractivity contribution in [3.8, 4) is 6.07 Å². The number of amides is 2. The molecule has 2 amide bonds. The highest BCUT2D eigenvalue weighted by atomic mass is 19.4. The van der Waals surface area contributed by atoms with E-state index >= 15 is 0 Å². The second-order valence-electron chi connectivity index (χ2n) is 7.88. The number of nitrogens with one attached hydrogen (secondary N) is 1. The van der Waals surface area contributed by atoms with Crippen LogP contribution in [0, 0.1) is 39.2 Å². The van der Waals surface area contributed by atoms with Gasteiger partial charge in [-0.3, -0.25) is 24.6 Å². The van der Waals surface area contributed by atoms with Gasteiger partial charge in [0.1, 0.15) is 5.92 Å². The number of nitriles is 1. The third kappa shape index (κ3) is 4.57. The van der Waals surface area contributed by atoms with Crippen molar-refractivity contribution in [2.24, 2.45) is 17.8 Å². The van der Waals surface area contributed by atoms with Crippen molar-refractivity contribution in [3.63, 3.8) is 0 Å². The summed E-state index contributed by atoms with van der Waals surface area (Å²) >= 11 is 0. The van der Waals surface area contributed by atoms with E-state index in [-0.39, 0.29) is 35.6 Å². The second kappa shape index (κ2) is 9.51. The average molecular weight is 474 g/mol. The summed E-state index contributed by atoms with van der Waals surface area (Å²) in [6.07, 6.45) is -0.431. The van der Waals surface area contributed by atoms with Gasteiger partial charge in [0.15, 0.2) is 0 Å². The lowest BCUT2D eigenvalue weighted by Gasteiger charge is -2.40. The van der Waals surface area contributed by atoms with Gasteiger partial charge < -0.3 is 5.32 Å². The summed E-state index contributed by atoms with van der Waals surface area (Å²) in [5.41, 5.74) is -1.07. The Morgan fingerprint density at radius 2 is 2.09 bits per heavy atom. The van der Waals surface area contributed by atoms with Crippen molar-refractivity contribution in [2.45, 2.75) is 26.4 Å². The molecule has 0 fully saturated rings. The predicted molar refractivity (Wildman–Crippen MR) is 115 cm³/mol. The molecular weight excluding hydrogens is 453 g/mol. The standard InChI is InChI=1S/C23H21F3N4O4/c1-3-28-21(31)20-19(14-7-9-16(10-8-14)30(33)34)18(12-27)13(2)29(22(20)32)17-6-4-5-15(11-17)23(24,25)26/h4-7,9-11,14,19-20H,3,8H2,1-2H3,(H,28,31). The van der Waals surface area contributed by atoms with E-state index in [4.69, 9.17) is 0 Å². The van der Waals surface area contributed by atoms with Gasteiger partial charge >= 0.3 is 6.18 Å². The molecule has 8 nitrogen and oxygen atoms in total. The molecule has 1 aromatic rings. The number of hydrogen-bond acceptors (Lipinski definition) is 5. The van der Waals surface area contributed by atoms with E-state index in [0.717, 1.165) is 23.1 Å². The number of hydrogen-bond donors (Lipinski definition) is 1. The smallest absolute Gasteiger partial charge is 0.356 e. The number of allylic oxidation sites excluding steroid dienone is 5. The number of benzene rings is 1. The van der Waals surface area contributed by atoms with E-state index in [9.17, 15) is 38.1 Å². The Morgan fingerprint density at radius 3 is 2.62 bits per heavy atom. The lowest BCUT2D eigenvalue weighted by Crippen LogP contribution is -2.52. The molecule has 1 heterocycles. The molecule has 34 heavy (non-hydrogen) atoms. The van der Waals surface area contributed by atoms with Crippen LogP contribution in [0.25, 0.3) is 0 Å². The van der Waals surface area contributed by atoms with E-state index < -0.39 is 46.2 Å². The Kier molecular flexibility index (Phi) is 6.91. The molecule has 0 aromatic heterocycles. The number of anilines is 1. The SMILES string of the molecule is CCNC(=O)C1C(=O)N(c2cccc(C(F)(F)F)c2)C(C)=C(C#N)C1C1C=CC([N+](=O)[O-])=CC1. The van der Waals surface area contributed by atoms with Crippen molar-refractivity contribution in [3.05, 3.63) is 75.1 Å². The molecule has 0 spiro atoms. The minimum atomic E-state index is -4.65. The third-order valence-electron chi connectivity index (χ3n) is 5.88. The highest BCUT2D eigenvalue weighted by Crippen LogP contribution is 2.43. The zero-order valence-electron chi connectivity index (χ0n) is 18.3. The molecular formula is C23H21F3N4O4. The van der Waals surface area contributed by atoms with Crippen LogP contribution in [0.15, 0.2) is 59.5 Å². The maximum atomic E-state index is 13.6. The van der Waals surface area contributed by atoms with Gasteiger partial charge in [0.25, 0.3) is 5.70 Å². The number of nitro groups is 1. The van der Waals surface area contributed by atoms with E-state index in [1.165, 1.54) is 31.2 Å². The Hall–Kier alpha value is -3.94. The number of rotatable bonds is 5. The molecule has 1 aliphatic carbocycles. The molecule has 1 N–H and O–H groups in total. The van der Waals surface area contributed by atoms with Gasteiger partial charge in [0.2, 0.25) is 11.8 Å². The third-order valence-corrected chi connectivity index (χ3v) is 5.88. The Labute approximate surface area is 193 Å². The van der Waals surface area contributed by atoms with E-state index in [0.29, 0.717) is 0 Å². The van der Waals surface area contributed by atoms with Crippen LogP contribution >= 0.6 is 0 Å². The highest BCUT2D eigenvalue weighted by Gasteiger charge is 2.48. The van der Waals surface area contributed by atoms with E-state index in [1.807, 2.05) is 6.07 Å².